The van der Waals surface area contributed by atoms with Gasteiger partial charge in [0, 0.05) is 6.54 Å². The van der Waals surface area contributed by atoms with Gasteiger partial charge in [0.15, 0.2) is 11.5 Å². The highest BCUT2D eigenvalue weighted by molar-refractivity contribution is 7.89. The Bertz CT molecular complexity index is 1010. The van der Waals surface area contributed by atoms with Gasteiger partial charge in [-0.2, -0.15) is 4.72 Å². The number of nitrogens with one attached hydrogen (secondary N) is 2. The zero-order valence-electron chi connectivity index (χ0n) is 17.9. The molecule has 0 saturated heterocycles. The molecular weight excluding hydrogens is 444 g/mol. The predicted molar refractivity (Wildman–Crippen MR) is 119 cm³/mol. The summed E-state index contributed by atoms with van der Waals surface area (Å²) in [5.74, 6) is 1.17. The maximum atomic E-state index is 12.6. The predicted octanol–water partition coefficient (Wildman–Crippen LogP) is 2.78. The highest BCUT2D eigenvalue weighted by atomic mass is 35.5. The highest BCUT2D eigenvalue weighted by Gasteiger charge is 2.22. The molecule has 0 unspecified atom stereocenters. The molecule has 0 aromatic heterocycles. The van der Waals surface area contributed by atoms with E-state index in [1.807, 2.05) is 12.1 Å². The summed E-state index contributed by atoms with van der Waals surface area (Å²) in [6, 6.07) is 8.66. The Kier molecular flexibility index (Phi) is 8.97. The molecule has 0 aliphatic rings. The van der Waals surface area contributed by atoms with E-state index in [2.05, 4.69) is 10.0 Å². The van der Waals surface area contributed by atoms with Crippen LogP contribution in [0.1, 0.15) is 19.4 Å². The zero-order valence-corrected chi connectivity index (χ0v) is 19.5. The smallest absolute Gasteiger partial charge is 0.241 e. The van der Waals surface area contributed by atoms with Gasteiger partial charge in [0.05, 0.1) is 36.8 Å². The number of benzene rings is 2. The van der Waals surface area contributed by atoms with Gasteiger partial charge in [-0.25, -0.2) is 8.42 Å². The monoisotopic (exact) mass is 470 g/mol. The first-order valence-electron chi connectivity index (χ1n) is 9.65. The van der Waals surface area contributed by atoms with Gasteiger partial charge in [-0.05, 0) is 56.2 Å². The first kappa shape index (κ1) is 24.8. The Morgan fingerprint density at radius 1 is 1.06 bits per heavy atom. The molecule has 2 N–H and O–H groups in total. The topological polar surface area (TPSA) is 103 Å². The first-order chi connectivity index (χ1) is 14.7. The van der Waals surface area contributed by atoms with Crippen LogP contribution in [-0.2, 0) is 21.2 Å². The highest BCUT2D eigenvalue weighted by Crippen LogP contribution is 2.28. The van der Waals surface area contributed by atoms with Gasteiger partial charge in [0.25, 0.3) is 0 Å². The number of ether oxygens (including phenoxy) is 3. The molecule has 1 amide bonds. The number of sulfonamides is 1. The van der Waals surface area contributed by atoms with Gasteiger partial charge in [0.1, 0.15) is 5.75 Å². The number of rotatable bonds is 11. The van der Waals surface area contributed by atoms with Gasteiger partial charge in [-0.1, -0.05) is 17.7 Å². The summed E-state index contributed by atoms with van der Waals surface area (Å²) in [7, 11) is -0.827. The van der Waals surface area contributed by atoms with E-state index in [4.69, 9.17) is 25.8 Å². The van der Waals surface area contributed by atoms with Crippen molar-refractivity contribution in [1.29, 1.82) is 0 Å². The average Bonchev–Trinajstić information content (AvgIpc) is 2.74. The SMILES string of the molecule is CCOc1ccc(S(=O)(=O)N[C@@H](C)C(=O)NCCc2ccc(OC)c(OC)c2)cc1Cl. The van der Waals surface area contributed by atoms with Crippen molar-refractivity contribution < 1.29 is 27.4 Å². The van der Waals surface area contributed by atoms with E-state index in [1.54, 1.807) is 27.2 Å². The van der Waals surface area contributed by atoms with Crippen molar-refractivity contribution in [2.24, 2.45) is 0 Å². The Balaban J connectivity index is 1.93. The molecule has 0 aliphatic carbocycles. The maximum absolute atomic E-state index is 12.6. The lowest BCUT2D eigenvalue weighted by molar-refractivity contribution is -0.122. The third kappa shape index (κ3) is 6.75. The van der Waals surface area contributed by atoms with Crippen LogP contribution in [0.4, 0.5) is 0 Å². The molecule has 8 nitrogen and oxygen atoms in total. The normalized spacial score (nSPS) is 12.2. The van der Waals surface area contributed by atoms with Crippen molar-refractivity contribution >= 4 is 27.5 Å². The molecule has 2 aromatic carbocycles. The van der Waals surface area contributed by atoms with E-state index >= 15 is 0 Å². The standard InChI is InChI=1S/C21H27ClN2O6S/c1-5-30-18-9-7-16(13-17(18)22)31(26,27)24-14(2)21(25)23-11-10-15-6-8-19(28-3)20(12-15)29-4/h6-9,12-14,24H,5,10-11H2,1-4H3,(H,23,25)/t14-/m0/s1. The minimum Gasteiger partial charge on any atom is -0.493 e. The second-order valence-electron chi connectivity index (χ2n) is 6.60. The summed E-state index contributed by atoms with van der Waals surface area (Å²) < 4.78 is 43.3. The van der Waals surface area contributed by atoms with Crippen molar-refractivity contribution in [3.63, 3.8) is 0 Å². The van der Waals surface area contributed by atoms with E-state index in [0.717, 1.165) is 5.56 Å². The van der Waals surface area contributed by atoms with Crippen molar-refractivity contribution in [3.8, 4) is 17.2 Å². The molecule has 0 heterocycles. The van der Waals surface area contributed by atoms with Crippen molar-refractivity contribution in [1.82, 2.24) is 10.0 Å². The quantitative estimate of drug-likeness (QED) is 0.523. The fourth-order valence-electron chi connectivity index (χ4n) is 2.79. The van der Waals surface area contributed by atoms with Crippen LogP contribution in [0, 0.1) is 0 Å². The summed E-state index contributed by atoms with van der Waals surface area (Å²) >= 11 is 6.07. The molecule has 170 valence electrons. The van der Waals surface area contributed by atoms with Crippen molar-refractivity contribution in [2.75, 3.05) is 27.4 Å². The summed E-state index contributed by atoms with van der Waals surface area (Å²) in [5.41, 5.74) is 0.940. The minimum absolute atomic E-state index is 0.0501. The van der Waals surface area contributed by atoms with E-state index in [9.17, 15) is 13.2 Å². The molecule has 0 bridgehead atoms. The van der Waals surface area contributed by atoms with Crippen LogP contribution < -0.4 is 24.2 Å². The number of amides is 1. The zero-order chi connectivity index (χ0) is 23.0. The number of carbonyl (C=O) groups is 1. The van der Waals surface area contributed by atoms with Gasteiger partial charge in [0.2, 0.25) is 15.9 Å². The van der Waals surface area contributed by atoms with Crippen LogP contribution >= 0.6 is 11.6 Å². The van der Waals surface area contributed by atoms with Gasteiger partial charge >= 0.3 is 0 Å². The lowest BCUT2D eigenvalue weighted by Crippen LogP contribution is -2.45. The second-order valence-corrected chi connectivity index (χ2v) is 8.72. The first-order valence-corrected chi connectivity index (χ1v) is 11.5. The fourth-order valence-corrected chi connectivity index (χ4v) is 4.32. The molecule has 0 fully saturated rings. The summed E-state index contributed by atoms with van der Waals surface area (Å²) in [4.78, 5) is 12.3. The Morgan fingerprint density at radius 2 is 1.74 bits per heavy atom. The van der Waals surface area contributed by atoms with E-state index in [0.29, 0.717) is 36.8 Å². The Morgan fingerprint density at radius 3 is 2.35 bits per heavy atom. The maximum Gasteiger partial charge on any atom is 0.241 e. The summed E-state index contributed by atoms with van der Waals surface area (Å²) in [6.45, 7) is 4.01. The molecular formula is C21H27ClN2O6S. The molecule has 0 aliphatic heterocycles. The molecule has 2 aromatic rings. The van der Waals surface area contributed by atoms with Crippen molar-refractivity contribution in [2.45, 2.75) is 31.2 Å². The number of halogens is 1. The van der Waals surface area contributed by atoms with Gasteiger partial charge in [-0.15, -0.1) is 0 Å². The molecule has 0 saturated carbocycles. The Labute approximate surface area is 187 Å². The molecule has 0 radical (unpaired) electrons. The van der Waals surface area contributed by atoms with E-state index < -0.39 is 22.0 Å². The molecule has 1 atom stereocenters. The average molecular weight is 471 g/mol. The largest absolute Gasteiger partial charge is 0.493 e. The van der Waals surface area contributed by atoms with E-state index in [1.165, 1.54) is 25.1 Å². The van der Waals surface area contributed by atoms with Crippen LogP contribution in [0.15, 0.2) is 41.3 Å². The lowest BCUT2D eigenvalue weighted by Gasteiger charge is -2.15. The number of hydrogen-bond donors (Lipinski definition) is 2. The number of methoxy groups -OCH3 is 2. The van der Waals surface area contributed by atoms with Crippen LogP contribution in [-0.4, -0.2) is 47.7 Å². The van der Waals surface area contributed by atoms with Crippen LogP contribution in [0.25, 0.3) is 0 Å². The molecule has 2 rings (SSSR count). The van der Waals surface area contributed by atoms with Crippen LogP contribution in [0.2, 0.25) is 5.02 Å². The summed E-state index contributed by atoms with van der Waals surface area (Å²) in [5, 5.41) is 2.90. The summed E-state index contributed by atoms with van der Waals surface area (Å²) in [6.07, 6.45) is 0.542. The number of carbonyl (C=O) groups excluding carboxylic acids is 1. The van der Waals surface area contributed by atoms with Crippen LogP contribution in [0.3, 0.4) is 0 Å². The second kappa shape index (κ2) is 11.2. The van der Waals surface area contributed by atoms with Gasteiger partial charge < -0.3 is 19.5 Å². The lowest BCUT2D eigenvalue weighted by atomic mass is 10.1. The van der Waals surface area contributed by atoms with Crippen LogP contribution in [0.5, 0.6) is 17.2 Å². The third-order valence-corrected chi connectivity index (χ3v) is 6.23. The van der Waals surface area contributed by atoms with Crippen molar-refractivity contribution in [3.05, 3.63) is 47.0 Å². The Hall–Kier alpha value is -2.49. The molecule has 31 heavy (non-hydrogen) atoms. The molecule has 0 spiro atoms. The molecule has 10 heteroatoms. The number of hydrogen-bond acceptors (Lipinski definition) is 6. The third-order valence-electron chi connectivity index (χ3n) is 4.40. The van der Waals surface area contributed by atoms with Gasteiger partial charge in [-0.3, -0.25) is 4.79 Å². The minimum atomic E-state index is -3.93. The fraction of sp³-hybridized carbons (Fsp3) is 0.381. The van der Waals surface area contributed by atoms with E-state index in [-0.39, 0.29) is 9.92 Å².